The number of piperazine rings is 1. The molecule has 0 saturated carbocycles. The number of benzene rings is 1. The molecule has 0 spiro atoms. The number of nitrogens with zero attached hydrogens (tertiary/aromatic N) is 3. The zero-order valence-electron chi connectivity index (χ0n) is 17.9. The van der Waals surface area contributed by atoms with Crippen LogP contribution in [0.15, 0.2) is 18.2 Å². The molecule has 0 aliphatic carbocycles. The molecule has 8 heteroatoms. The molecule has 2 aliphatic heterocycles. The zero-order chi connectivity index (χ0) is 21.9. The first-order valence-corrected chi connectivity index (χ1v) is 10.8. The molecule has 2 saturated heterocycles. The SMILES string of the molecule is CCc1ccc(C[C@@H](N)C(=O)N2CCC(N3CCN(C)CC3)CC2)cc1C(F)(F)F. The van der Waals surface area contributed by atoms with Crippen molar-refractivity contribution in [3.8, 4) is 0 Å². The normalized spacial score (nSPS) is 21.1. The molecule has 0 bridgehead atoms. The number of hydrogen-bond donors (Lipinski definition) is 1. The molecule has 2 fully saturated rings. The van der Waals surface area contributed by atoms with Gasteiger partial charge in [0.05, 0.1) is 11.6 Å². The average molecular weight is 427 g/mol. The van der Waals surface area contributed by atoms with Crippen LogP contribution in [-0.4, -0.2) is 79.0 Å². The second-order valence-corrected chi connectivity index (χ2v) is 8.55. The van der Waals surface area contributed by atoms with Crippen molar-refractivity contribution in [2.45, 2.75) is 50.9 Å². The summed E-state index contributed by atoms with van der Waals surface area (Å²) in [6.45, 7) is 7.28. The van der Waals surface area contributed by atoms with E-state index in [-0.39, 0.29) is 17.9 Å². The average Bonchev–Trinajstić information content (AvgIpc) is 2.73. The smallest absolute Gasteiger partial charge is 0.341 e. The number of piperidine rings is 1. The maximum Gasteiger partial charge on any atom is 0.416 e. The van der Waals surface area contributed by atoms with Crippen LogP contribution >= 0.6 is 0 Å². The van der Waals surface area contributed by atoms with Gasteiger partial charge in [0.1, 0.15) is 0 Å². The summed E-state index contributed by atoms with van der Waals surface area (Å²) in [5.41, 5.74) is 6.20. The third-order valence-corrected chi connectivity index (χ3v) is 6.46. The third-order valence-electron chi connectivity index (χ3n) is 6.46. The molecular weight excluding hydrogens is 393 g/mol. The second-order valence-electron chi connectivity index (χ2n) is 8.55. The largest absolute Gasteiger partial charge is 0.416 e. The van der Waals surface area contributed by atoms with Crippen molar-refractivity contribution in [1.82, 2.24) is 14.7 Å². The summed E-state index contributed by atoms with van der Waals surface area (Å²) in [4.78, 5) is 19.4. The molecule has 5 nitrogen and oxygen atoms in total. The Morgan fingerprint density at radius 3 is 2.33 bits per heavy atom. The summed E-state index contributed by atoms with van der Waals surface area (Å²) in [6, 6.07) is 3.97. The summed E-state index contributed by atoms with van der Waals surface area (Å²) in [6.07, 6.45) is -2.13. The highest BCUT2D eigenvalue weighted by molar-refractivity contribution is 5.82. The maximum absolute atomic E-state index is 13.3. The van der Waals surface area contributed by atoms with E-state index < -0.39 is 17.8 Å². The number of amides is 1. The van der Waals surface area contributed by atoms with Gasteiger partial charge in [0, 0.05) is 45.3 Å². The quantitative estimate of drug-likeness (QED) is 0.786. The number of hydrogen-bond acceptors (Lipinski definition) is 4. The van der Waals surface area contributed by atoms with Gasteiger partial charge in [-0.1, -0.05) is 19.1 Å². The predicted octanol–water partition coefficient (Wildman–Crippen LogP) is 2.38. The minimum atomic E-state index is -4.40. The highest BCUT2D eigenvalue weighted by Crippen LogP contribution is 2.33. The van der Waals surface area contributed by atoms with Crippen molar-refractivity contribution in [1.29, 1.82) is 0 Å². The summed E-state index contributed by atoms with van der Waals surface area (Å²) >= 11 is 0. The Bertz CT molecular complexity index is 724. The predicted molar refractivity (Wildman–Crippen MR) is 111 cm³/mol. The summed E-state index contributed by atoms with van der Waals surface area (Å²) in [7, 11) is 2.13. The Morgan fingerprint density at radius 2 is 1.77 bits per heavy atom. The molecule has 1 aromatic rings. The van der Waals surface area contributed by atoms with E-state index in [2.05, 4.69) is 16.8 Å². The molecular formula is C22H33F3N4O. The number of aryl methyl sites for hydroxylation is 1. The first-order chi connectivity index (χ1) is 14.2. The molecule has 2 aliphatic rings. The molecule has 30 heavy (non-hydrogen) atoms. The third kappa shape index (κ3) is 5.53. The fourth-order valence-electron chi connectivity index (χ4n) is 4.54. The van der Waals surface area contributed by atoms with Gasteiger partial charge in [0.25, 0.3) is 0 Å². The molecule has 1 amide bonds. The van der Waals surface area contributed by atoms with Crippen LogP contribution in [0, 0.1) is 0 Å². The van der Waals surface area contributed by atoms with Crippen LogP contribution in [0.1, 0.15) is 36.5 Å². The standard InChI is InChI=1S/C22H33F3N4O/c1-3-17-5-4-16(14-19(17)22(23,24)25)15-20(26)21(30)29-8-6-18(7-9-29)28-12-10-27(2)11-13-28/h4-5,14,18,20H,3,6-13,15,26H2,1-2H3/t20-/m1/s1. The molecule has 168 valence electrons. The van der Waals surface area contributed by atoms with E-state index in [1.54, 1.807) is 17.9 Å². The number of likely N-dealkylation sites (tertiary alicyclic amines) is 1. The molecule has 3 rings (SSSR count). The van der Waals surface area contributed by atoms with Gasteiger partial charge in [-0.25, -0.2) is 0 Å². The van der Waals surface area contributed by atoms with E-state index in [1.807, 2.05) is 0 Å². The molecule has 0 radical (unpaired) electrons. The number of alkyl halides is 3. The fourth-order valence-corrected chi connectivity index (χ4v) is 4.54. The number of carbonyl (C=O) groups is 1. The van der Waals surface area contributed by atoms with Crippen LogP contribution in [0.4, 0.5) is 13.2 Å². The van der Waals surface area contributed by atoms with Crippen LogP contribution in [-0.2, 0) is 23.8 Å². The first-order valence-electron chi connectivity index (χ1n) is 10.8. The molecule has 0 aromatic heterocycles. The minimum absolute atomic E-state index is 0.115. The van der Waals surface area contributed by atoms with Crippen LogP contribution in [0.3, 0.4) is 0 Å². The van der Waals surface area contributed by atoms with E-state index in [0.717, 1.165) is 45.1 Å². The number of nitrogens with two attached hydrogens (primary N) is 1. The lowest BCUT2D eigenvalue weighted by Crippen LogP contribution is -2.54. The molecule has 1 aromatic carbocycles. The van der Waals surface area contributed by atoms with Crippen LogP contribution in [0.2, 0.25) is 0 Å². The molecule has 0 unspecified atom stereocenters. The Balaban J connectivity index is 1.55. The van der Waals surface area contributed by atoms with Crippen LogP contribution < -0.4 is 5.73 Å². The van der Waals surface area contributed by atoms with Crippen molar-refractivity contribution in [2.75, 3.05) is 46.3 Å². The van der Waals surface area contributed by atoms with E-state index in [4.69, 9.17) is 5.73 Å². The Morgan fingerprint density at radius 1 is 1.13 bits per heavy atom. The lowest BCUT2D eigenvalue weighted by atomic mass is 9.97. The topological polar surface area (TPSA) is 52.8 Å². The fraction of sp³-hybridized carbons (Fsp3) is 0.682. The number of likely N-dealkylation sites (N-methyl/N-ethyl adjacent to an activating group) is 1. The zero-order valence-corrected chi connectivity index (χ0v) is 17.9. The summed E-state index contributed by atoms with van der Waals surface area (Å²) in [5.74, 6) is -0.167. The lowest BCUT2D eigenvalue weighted by molar-refractivity contribution is -0.138. The first kappa shape index (κ1) is 23.0. The van der Waals surface area contributed by atoms with Gasteiger partial charge in [-0.05, 0) is 49.9 Å². The summed E-state index contributed by atoms with van der Waals surface area (Å²) in [5, 5.41) is 0. The highest BCUT2D eigenvalue weighted by atomic mass is 19.4. The number of halogens is 3. The van der Waals surface area contributed by atoms with Crippen LogP contribution in [0.5, 0.6) is 0 Å². The van der Waals surface area contributed by atoms with Crippen molar-refractivity contribution in [3.05, 3.63) is 34.9 Å². The van der Waals surface area contributed by atoms with E-state index >= 15 is 0 Å². The Kier molecular flexibility index (Phi) is 7.42. The van der Waals surface area contributed by atoms with Gasteiger partial charge in [0.2, 0.25) is 5.91 Å². The lowest BCUT2D eigenvalue weighted by Gasteiger charge is -2.42. The highest BCUT2D eigenvalue weighted by Gasteiger charge is 2.34. The van der Waals surface area contributed by atoms with Crippen molar-refractivity contribution in [2.24, 2.45) is 5.73 Å². The van der Waals surface area contributed by atoms with Crippen LogP contribution in [0.25, 0.3) is 0 Å². The van der Waals surface area contributed by atoms with Crippen molar-refractivity contribution >= 4 is 5.91 Å². The molecule has 2 heterocycles. The Labute approximate surface area is 177 Å². The van der Waals surface area contributed by atoms with E-state index in [1.165, 1.54) is 6.07 Å². The van der Waals surface area contributed by atoms with E-state index in [0.29, 0.717) is 31.1 Å². The van der Waals surface area contributed by atoms with Gasteiger partial charge >= 0.3 is 6.18 Å². The minimum Gasteiger partial charge on any atom is -0.341 e. The number of carbonyl (C=O) groups excluding carboxylic acids is 1. The molecule has 1 atom stereocenters. The van der Waals surface area contributed by atoms with Gasteiger partial charge in [-0.2, -0.15) is 13.2 Å². The van der Waals surface area contributed by atoms with E-state index in [9.17, 15) is 18.0 Å². The van der Waals surface area contributed by atoms with Crippen molar-refractivity contribution in [3.63, 3.8) is 0 Å². The maximum atomic E-state index is 13.3. The Hall–Kier alpha value is -1.64. The van der Waals surface area contributed by atoms with Gasteiger partial charge in [-0.15, -0.1) is 0 Å². The van der Waals surface area contributed by atoms with Gasteiger partial charge in [-0.3, -0.25) is 9.69 Å². The monoisotopic (exact) mass is 426 g/mol. The van der Waals surface area contributed by atoms with Gasteiger partial charge < -0.3 is 15.5 Å². The molecule has 2 N–H and O–H groups in total. The second kappa shape index (κ2) is 9.66. The summed E-state index contributed by atoms with van der Waals surface area (Å²) < 4.78 is 39.9. The number of rotatable bonds is 5. The van der Waals surface area contributed by atoms with Gasteiger partial charge in [0.15, 0.2) is 0 Å². The van der Waals surface area contributed by atoms with Crippen molar-refractivity contribution < 1.29 is 18.0 Å².